The third-order valence-corrected chi connectivity index (χ3v) is 10.5. The maximum atomic E-state index is 12.8. The number of esters is 2. The molecule has 6 unspecified atom stereocenters. The van der Waals surface area contributed by atoms with Gasteiger partial charge in [-0.3, -0.25) is 28.8 Å². The van der Waals surface area contributed by atoms with Crippen molar-refractivity contribution in [1.82, 2.24) is 0 Å². The fourth-order valence-electron chi connectivity index (χ4n) is 5.49. The minimum atomic E-state index is -1.14. The smallest absolute Gasteiger partial charge is 0.322 e. The number of methoxy groups -OCH3 is 1. The normalized spacial score (nSPS) is 15.0. The molecule has 11 heteroatoms. The van der Waals surface area contributed by atoms with Gasteiger partial charge in [0.25, 0.3) is 0 Å². The molecular formula is C45H59Br2O8P. The Morgan fingerprint density at radius 1 is 0.696 bits per heavy atom. The van der Waals surface area contributed by atoms with Gasteiger partial charge < -0.3 is 9.47 Å². The third kappa shape index (κ3) is 18.6. The third-order valence-electron chi connectivity index (χ3n) is 9.00. The molecule has 8 nitrogen and oxygen atoms in total. The number of ketones is 4. The molecule has 3 rings (SSSR count). The van der Waals surface area contributed by atoms with Gasteiger partial charge in [-0.25, -0.2) is 0 Å². The first kappa shape index (κ1) is 50.4. The number of halogens is 2. The molecule has 0 radical (unpaired) electrons. The van der Waals surface area contributed by atoms with E-state index in [0.29, 0.717) is 21.2 Å². The zero-order valence-corrected chi connectivity index (χ0v) is 38.5. The summed E-state index contributed by atoms with van der Waals surface area (Å²) in [6, 6.07) is 28.3. The summed E-state index contributed by atoms with van der Waals surface area (Å²) in [4.78, 5) is 71.3. The summed E-state index contributed by atoms with van der Waals surface area (Å²) in [6.07, 6.45) is 0.810. The summed E-state index contributed by atoms with van der Waals surface area (Å²) >= 11 is 6.88. The number of rotatable bonds is 16. The van der Waals surface area contributed by atoms with Crippen molar-refractivity contribution in [2.24, 2.45) is 5.41 Å². The first-order chi connectivity index (χ1) is 26.5. The zero-order valence-electron chi connectivity index (χ0n) is 35.4. The van der Waals surface area contributed by atoms with E-state index in [1.807, 2.05) is 105 Å². The molecule has 0 aliphatic rings. The number of ether oxygens (including phenoxy) is 2. The minimum absolute atomic E-state index is 0.0414. The van der Waals surface area contributed by atoms with E-state index in [-0.39, 0.29) is 48.5 Å². The minimum Gasteiger partial charge on any atom is -0.469 e. The summed E-state index contributed by atoms with van der Waals surface area (Å²) in [5, 5.41) is 0. The Balaban J connectivity index is 0.00000100. The number of hydrogen-bond donors (Lipinski definition) is 0. The van der Waals surface area contributed by atoms with Crippen molar-refractivity contribution in [3.05, 3.63) is 120 Å². The molecule has 0 aliphatic carbocycles. The van der Waals surface area contributed by atoms with E-state index in [2.05, 4.69) is 38.4 Å². The van der Waals surface area contributed by atoms with Crippen molar-refractivity contribution in [1.29, 1.82) is 1.28 Å². The second-order valence-electron chi connectivity index (χ2n) is 14.1. The van der Waals surface area contributed by atoms with Crippen molar-refractivity contribution in [3.63, 3.8) is 0 Å². The SMILES string of the molecule is C=C(C)C(C)=O.CC(=O)C(CC(C)(Br)C(C)=O)c1ccccc1.COC(=O)C(C)(CC(C(C)=O)c1ccccc1)CC(C)(Br)C(=O)OCc1ccccc1.[3H]PC. The quantitative estimate of drug-likeness (QED) is 0.0603. The largest absolute Gasteiger partial charge is 0.469 e. The molecule has 3 aromatic carbocycles. The van der Waals surface area contributed by atoms with E-state index in [0.717, 1.165) is 16.7 Å². The van der Waals surface area contributed by atoms with Crippen LogP contribution in [0.5, 0.6) is 0 Å². The van der Waals surface area contributed by atoms with Gasteiger partial charge in [0.15, 0.2) is 5.78 Å². The van der Waals surface area contributed by atoms with E-state index < -0.39 is 31.9 Å². The molecule has 0 spiro atoms. The molecule has 0 bridgehead atoms. The predicted octanol–water partition coefficient (Wildman–Crippen LogP) is 10.4. The number of hydrogen-bond acceptors (Lipinski definition) is 8. The van der Waals surface area contributed by atoms with Gasteiger partial charge in [-0.1, -0.05) is 136 Å². The first-order valence-electron chi connectivity index (χ1n) is 18.5. The van der Waals surface area contributed by atoms with Crippen molar-refractivity contribution in [2.45, 2.75) is 102 Å². The Morgan fingerprint density at radius 2 is 1.07 bits per heavy atom. The van der Waals surface area contributed by atoms with E-state index in [1.165, 1.54) is 27.9 Å². The standard InChI is InChI=1S/C25H29BrO5.C14H17BrO2.C5H8O.CH5P/c1-18(27)21(20-13-9-6-10-14-20)15-24(2,22(28)30-4)17-25(3,26)23(29)31-16-19-11-7-5-8-12-19;1-10(16)13(9-14(3,15)11(2)17)12-7-5-4-6-8-12;1-4(2)5(3)6;1-2/h5-14,21H,15-17H2,1-4H3;4-8,13H,9H2,1-3H3;1H2,2-3H3;2H2,1H3/i;;;2T. The van der Waals surface area contributed by atoms with Crippen molar-refractivity contribution < 1.29 is 38.2 Å². The number of Topliss-reactive ketones (excluding diaryl/α,β-unsaturated/α-hetero) is 4. The highest BCUT2D eigenvalue weighted by atomic mass is 79.9. The molecule has 0 aliphatic heterocycles. The Bertz CT molecular complexity index is 1740. The lowest BCUT2D eigenvalue weighted by Gasteiger charge is -2.35. The predicted molar refractivity (Wildman–Crippen MR) is 236 cm³/mol. The van der Waals surface area contributed by atoms with Crippen LogP contribution in [0.15, 0.2) is 103 Å². The Labute approximate surface area is 354 Å². The Kier molecular flexibility index (Phi) is 23.1. The van der Waals surface area contributed by atoms with Gasteiger partial charge in [-0.05, 0) is 96.9 Å². The van der Waals surface area contributed by atoms with E-state index in [1.54, 1.807) is 27.7 Å². The number of allylic oxidation sites excluding steroid dienone is 1. The maximum absolute atomic E-state index is 12.8. The first-order valence-corrected chi connectivity index (χ1v) is 20.6. The second-order valence-corrected chi connectivity index (χ2v) is 17.6. The zero-order chi connectivity index (χ0) is 44.0. The lowest BCUT2D eigenvalue weighted by molar-refractivity contribution is -0.156. The molecule has 0 amide bonds. The highest BCUT2D eigenvalue weighted by molar-refractivity contribution is 9.10. The van der Waals surface area contributed by atoms with Crippen LogP contribution in [0.4, 0.5) is 0 Å². The average Bonchev–Trinajstić information content (AvgIpc) is 3.16. The average molecular weight is 921 g/mol. The number of carbonyl (C=O) groups excluding carboxylic acids is 6. The summed E-state index contributed by atoms with van der Waals surface area (Å²) in [5.41, 5.74) is 2.19. The van der Waals surface area contributed by atoms with E-state index >= 15 is 0 Å². The summed E-state index contributed by atoms with van der Waals surface area (Å²) in [6.45, 7) is 18.4. The molecule has 0 fully saturated rings. The molecule has 56 heavy (non-hydrogen) atoms. The lowest BCUT2D eigenvalue weighted by atomic mass is 9.72. The van der Waals surface area contributed by atoms with Crippen LogP contribution < -0.4 is 0 Å². The molecule has 0 N–H and O–H groups in total. The summed E-state index contributed by atoms with van der Waals surface area (Å²) in [7, 11) is 1.64. The van der Waals surface area contributed by atoms with E-state index in [9.17, 15) is 28.8 Å². The lowest BCUT2D eigenvalue weighted by Crippen LogP contribution is -2.42. The number of alkyl halides is 2. The Morgan fingerprint density at radius 3 is 1.41 bits per heavy atom. The molecule has 3 aromatic rings. The molecule has 6 atom stereocenters. The van der Waals surface area contributed by atoms with Gasteiger partial charge in [0, 0.05) is 11.8 Å². The number of carbonyl (C=O) groups is 6. The van der Waals surface area contributed by atoms with Crippen molar-refractivity contribution in [2.75, 3.05) is 13.8 Å². The molecule has 0 aromatic heterocycles. The van der Waals surface area contributed by atoms with Crippen LogP contribution in [-0.4, -0.2) is 58.8 Å². The highest BCUT2D eigenvalue weighted by Gasteiger charge is 2.47. The molecule has 306 valence electrons. The fourth-order valence-corrected chi connectivity index (χ4v) is 6.55. The van der Waals surface area contributed by atoms with E-state index in [4.69, 9.17) is 10.8 Å². The van der Waals surface area contributed by atoms with Crippen LogP contribution in [0.25, 0.3) is 0 Å². The summed E-state index contributed by atoms with van der Waals surface area (Å²) < 4.78 is 15.0. The van der Waals surface area contributed by atoms with Crippen LogP contribution >= 0.6 is 41.0 Å². The monoisotopic (exact) mass is 918 g/mol. The van der Waals surface area contributed by atoms with Crippen molar-refractivity contribution >= 4 is 76.1 Å². The van der Waals surface area contributed by atoms with Crippen LogP contribution in [-0.2, 0) is 44.8 Å². The van der Waals surface area contributed by atoms with Crippen LogP contribution in [0.1, 0.15) is 103 Å². The summed E-state index contributed by atoms with van der Waals surface area (Å²) in [5.74, 6) is -1.54. The molecule has 0 saturated carbocycles. The van der Waals surface area contributed by atoms with Crippen LogP contribution in [0.2, 0.25) is 0 Å². The number of benzene rings is 3. The van der Waals surface area contributed by atoms with Gasteiger partial charge >= 0.3 is 11.9 Å². The molecule has 0 saturated heterocycles. The second kappa shape index (κ2) is 25.6. The molecular weight excluding hydrogens is 859 g/mol. The van der Waals surface area contributed by atoms with Gasteiger partial charge in [-0.15, -0.1) is 9.18 Å². The van der Waals surface area contributed by atoms with Gasteiger partial charge in [-0.2, -0.15) is 0 Å². The van der Waals surface area contributed by atoms with Gasteiger partial charge in [0.1, 0.15) is 28.3 Å². The highest BCUT2D eigenvalue weighted by Crippen LogP contribution is 2.43. The molecule has 0 heterocycles. The Hall–Kier alpha value is -3.59. The topological polar surface area (TPSA) is 121 Å². The fraction of sp³-hybridized carbons (Fsp3) is 0.422. The maximum Gasteiger partial charge on any atom is 0.322 e. The van der Waals surface area contributed by atoms with Crippen LogP contribution in [0, 0.1) is 5.41 Å². The van der Waals surface area contributed by atoms with Gasteiger partial charge in [0.05, 0.1) is 18.1 Å². The van der Waals surface area contributed by atoms with Gasteiger partial charge in [0.2, 0.25) is 0 Å². The van der Waals surface area contributed by atoms with Crippen molar-refractivity contribution in [3.8, 4) is 0 Å². The van der Waals surface area contributed by atoms with Crippen LogP contribution in [0.3, 0.4) is 0 Å².